The van der Waals surface area contributed by atoms with Gasteiger partial charge in [-0.3, -0.25) is 0 Å². The van der Waals surface area contributed by atoms with E-state index in [0.717, 1.165) is 17.1 Å². The van der Waals surface area contributed by atoms with Crippen LogP contribution in [0.3, 0.4) is 0 Å². The van der Waals surface area contributed by atoms with Crippen LogP contribution in [0.4, 0.5) is 0 Å². The Labute approximate surface area is 134 Å². The second-order valence-electron chi connectivity index (χ2n) is 6.46. The highest BCUT2D eigenvalue weighted by atomic mass is 35.5. The van der Waals surface area contributed by atoms with Gasteiger partial charge in [0.2, 0.25) is 0 Å². The molecule has 1 rings (SSSR count). The monoisotopic (exact) mass is 313 g/mol. The Morgan fingerprint density at radius 3 is 2.38 bits per heavy atom. The average Bonchev–Trinajstić information content (AvgIpc) is 2.36. The number of benzene rings is 1. The van der Waals surface area contributed by atoms with E-state index in [9.17, 15) is 0 Å². The van der Waals surface area contributed by atoms with Crippen molar-refractivity contribution >= 4 is 11.6 Å². The van der Waals surface area contributed by atoms with Crippen molar-refractivity contribution in [3.05, 3.63) is 34.9 Å². The summed E-state index contributed by atoms with van der Waals surface area (Å²) in [5.74, 6) is 0. The van der Waals surface area contributed by atoms with Crippen LogP contribution in [-0.2, 0) is 9.47 Å². The van der Waals surface area contributed by atoms with Gasteiger partial charge in [-0.25, -0.2) is 0 Å². The number of ether oxygens (including phenoxy) is 2. The summed E-state index contributed by atoms with van der Waals surface area (Å²) in [6.45, 7) is 12.4. The maximum absolute atomic E-state index is 6.08. The van der Waals surface area contributed by atoms with Crippen molar-refractivity contribution in [2.75, 3.05) is 19.8 Å². The molecule has 0 bridgehead atoms. The molecule has 0 amide bonds. The van der Waals surface area contributed by atoms with Crippen LogP contribution in [0.2, 0.25) is 5.02 Å². The molecule has 0 aliphatic rings. The molecule has 0 saturated heterocycles. The first-order valence-corrected chi connectivity index (χ1v) is 7.89. The van der Waals surface area contributed by atoms with E-state index in [1.54, 1.807) is 0 Å². The van der Waals surface area contributed by atoms with Gasteiger partial charge in [0.25, 0.3) is 0 Å². The van der Waals surface area contributed by atoms with Crippen LogP contribution in [0.5, 0.6) is 0 Å². The van der Waals surface area contributed by atoms with E-state index in [1.165, 1.54) is 0 Å². The highest BCUT2D eigenvalue weighted by Gasteiger charge is 2.16. The summed E-state index contributed by atoms with van der Waals surface area (Å²) >= 11 is 6.08. The van der Waals surface area contributed by atoms with Crippen molar-refractivity contribution in [1.29, 1.82) is 0 Å². The Morgan fingerprint density at radius 2 is 1.81 bits per heavy atom. The third-order valence-corrected chi connectivity index (χ3v) is 3.13. The number of hydrogen-bond acceptors (Lipinski definition) is 3. The summed E-state index contributed by atoms with van der Waals surface area (Å²) in [5, 5.41) is 4.21. The minimum atomic E-state index is -0.0290. The molecule has 1 aromatic carbocycles. The Kier molecular flexibility index (Phi) is 7.67. The highest BCUT2D eigenvalue weighted by Crippen LogP contribution is 2.21. The molecule has 0 radical (unpaired) electrons. The van der Waals surface area contributed by atoms with E-state index in [2.05, 4.69) is 26.1 Å². The minimum Gasteiger partial charge on any atom is -0.376 e. The van der Waals surface area contributed by atoms with E-state index in [0.29, 0.717) is 13.2 Å². The van der Waals surface area contributed by atoms with Gasteiger partial charge in [0, 0.05) is 17.1 Å². The molecule has 0 saturated carbocycles. The molecule has 0 spiro atoms. The molecular formula is C17H28ClNO2. The quantitative estimate of drug-likeness (QED) is 0.729. The lowest BCUT2D eigenvalue weighted by Gasteiger charge is -2.26. The van der Waals surface area contributed by atoms with Crippen molar-refractivity contribution in [1.82, 2.24) is 5.32 Å². The Bertz CT molecular complexity index is 415. The standard InChI is InChI=1S/C17H28ClNO2/c1-13(2)20-9-10-21-16(12-19-17(3,4)5)14-7-6-8-15(18)11-14/h6-8,11,13,16,19H,9-10,12H2,1-5H3. The third-order valence-electron chi connectivity index (χ3n) is 2.89. The van der Waals surface area contributed by atoms with Crippen LogP contribution >= 0.6 is 11.6 Å². The first-order valence-electron chi connectivity index (χ1n) is 7.51. The van der Waals surface area contributed by atoms with Crippen molar-refractivity contribution < 1.29 is 9.47 Å². The SMILES string of the molecule is CC(C)OCCOC(CNC(C)(C)C)c1cccc(Cl)c1. The highest BCUT2D eigenvalue weighted by molar-refractivity contribution is 6.30. The zero-order chi connectivity index (χ0) is 15.9. The van der Waals surface area contributed by atoms with Crippen LogP contribution in [0.25, 0.3) is 0 Å². The summed E-state index contributed by atoms with van der Waals surface area (Å²) in [7, 11) is 0. The van der Waals surface area contributed by atoms with Crippen molar-refractivity contribution in [3.8, 4) is 0 Å². The molecule has 120 valence electrons. The third kappa shape index (κ3) is 8.42. The number of halogens is 1. The van der Waals surface area contributed by atoms with Crippen molar-refractivity contribution in [3.63, 3.8) is 0 Å². The summed E-state index contributed by atoms with van der Waals surface area (Å²) < 4.78 is 11.5. The Balaban J connectivity index is 2.61. The lowest BCUT2D eigenvalue weighted by molar-refractivity contribution is -0.0146. The molecule has 0 aliphatic heterocycles. The lowest BCUT2D eigenvalue weighted by atomic mass is 10.1. The van der Waals surface area contributed by atoms with E-state index in [-0.39, 0.29) is 17.7 Å². The normalized spacial score (nSPS) is 13.7. The van der Waals surface area contributed by atoms with Crippen LogP contribution in [-0.4, -0.2) is 31.4 Å². The van der Waals surface area contributed by atoms with Crippen molar-refractivity contribution in [2.24, 2.45) is 0 Å². The average molecular weight is 314 g/mol. The Hall–Kier alpha value is -0.610. The van der Waals surface area contributed by atoms with Gasteiger partial charge in [-0.05, 0) is 52.3 Å². The topological polar surface area (TPSA) is 30.5 Å². The first-order chi connectivity index (χ1) is 9.78. The summed E-state index contributed by atoms with van der Waals surface area (Å²) in [6.07, 6.45) is 0.199. The summed E-state index contributed by atoms with van der Waals surface area (Å²) in [4.78, 5) is 0. The molecule has 21 heavy (non-hydrogen) atoms. The van der Waals surface area contributed by atoms with Gasteiger partial charge in [0.1, 0.15) is 0 Å². The van der Waals surface area contributed by atoms with Crippen LogP contribution in [0.1, 0.15) is 46.3 Å². The predicted octanol–water partition coefficient (Wildman–Crippen LogP) is 4.21. The van der Waals surface area contributed by atoms with Crippen LogP contribution in [0.15, 0.2) is 24.3 Å². The second kappa shape index (κ2) is 8.74. The first kappa shape index (κ1) is 18.4. The Morgan fingerprint density at radius 1 is 1.14 bits per heavy atom. The molecule has 3 nitrogen and oxygen atoms in total. The van der Waals surface area contributed by atoms with Gasteiger partial charge in [-0.2, -0.15) is 0 Å². The lowest BCUT2D eigenvalue weighted by Crippen LogP contribution is -2.39. The second-order valence-corrected chi connectivity index (χ2v) is 6.90. The fraction of sp³-hybridized carbons (Fsp3) is 0.647. The molecule has 0 aromatic heterocycles. The number of hydrogen-bond donors (Lipinski definition) is 1. The maximum atomic E-state index is 6.08. The zero-order valence-electron chi connectivity index (χ0n) is 13.8. The van der Waals surface area contributed by atoms with Crippen molar-refractivity contribution in [2.45, 2.75) is 52.4 Å². The largest absolute Gasteiger partial charge is 0.376 e. The fourth-order valence-electron chi connectivity index (χ4n) is 1.85. The maximum Gasteiger partial charge on any atom is 0.0951 e. The van der Waals surface area contributed by atoms with E-state index < -0.39 is 0 Å². The van der Waals surface area contributed by atoms with Gasteiger partial charge >= 0.3 is 0 Å². The molecule has 0 fully saturated rings. The van der Waals surface area contributed by atoms with Gasteiger partial charge in [0.05, 0.1) is 25.4 Å². The van der Waals surface area contributed by atoms with E-state index in [4.69, 9.17) is 21.1 Å². The fourth-order valence-corrected chi connectivity index (χ4v) is 2.05. The molecular weight excluding hydrogens is 286 g/mol. The van der Waals surface area contributed by atoms with Gasteiger partial charge in [0.15, 0.2) is 0 Å². The smallest absolute Gasteiger partial charge is 0.0951 e. The zero-order valence-corrected chi connectivity index (χ0v) is 14.5. The molecule has 0 aliphatic carbocycles. The van der Waals surface area contributed by atoms with E-state index in [1.807, 2.05) is 38.1 Å². The van der Waals surface area contributed by atoms with Crippen LogP contribution in [0, 0.1) is 0 Å². The van der Waals surface area contributed by atoms with Crippen LogP contribution < -0.4 is 5.32 Å². The van der Waals surface area contributed by atoms with E-state index >= 15 is 0 Å². The van der Waals surface area contributed by atoms with Gasteiger partial charge < -0.3 is 14.8 Å². The van der Waals surface area contributed by atoms with Gasteiger partial charge in [-0.15, -0.1) is 0 Å². The molecule has 4 heteroatoms. The molecule has 0 heterocycles. The molecule has 1 unspecified atom stereocenters. The molecule has 1 N–H and O–H groups in total. The summed E-state index contributed by atoms with van der Waals surface area (Å²) in [6, 6.07) is 7.83. The summed E-state index contributed by atoms with van der Waals surface area (Å²) in [5.41, 5.74) is 1.14. The number of rotatable bonds is 8. The number of nitrogens with one attached hydrogen (secondary N) is 1. The molecule has 1 aromatic rings. The predicted molar refractivity (Wildman–Crippen MR) is 89.0 cm³/mol. The minimum absolute atomic E-state index is 0.0290. The van der Waals surface area contributed by atoms with Gasteiger partial charge in [-0.1, -0.05) is 23.7 Å². The molecule has 1 atom stereocenters.